The van der Waals surface area contributed by atoms with E-state index < -0.39 is 0 Å². The fraction of sp³-hybridized carbons (Fsp3) is 0.105. The molecule has 0 unspecified atom stereocenters. The normalized spacial score (nSPS) is 11.9. The molecule has 2 N–H and O–H groups in total. The Hall–Kier alpha value is -3.32. The maximum absolute atomic E-state index is 12.2. The van der Waals surface area contributed by atoms with Crippen molar-refractivity contribution in [3.05, 3.63) is 71.1 Å². The van der Waals surface area contributed by atoms with Crippen LogP contribution in [0.5, 0.6) is 11.5 Å². The number of nitrogens with one attached hydrogen (secondary N) is 2. The van der Waals surface area contributed by atoms with Crippen molar-refractivity contribution >= 4 is 29.0 Å². The molecule has 0 aliphatic carbocycles. The minimum absolute atomic E-state index is 0.212. The third-order valence-electron chi connectivity index (χ3n) is 3.88. The van der Waals surface area contributed by atoms with E-state index in [9.17, 15) is 4.79 Å². The molecule has 2 aromatic carbocycles. The predicted octanol–water partition coefficient (Wildman–Crippen LogP) is 3.72. The number of carbonyl (C=O) groups excluding carboxylic acids is 1. The van der Waals surface area contributed by atoms with Gasteiger partial charge in [0.25, 0.3) is 5.91 Å². The fourth-order valence-corrected chi connectivity index (χ4v) is 2.73. The fourth-order valence-electron chi connectivity index (χ4n) is 2.54. The molecule has 1 aromatic heterocycles. The number of hydrogen-bond donors (Lipinski definition) is 2. The average molecular weight is 383 g/mol. The summed E-state index contributed by atoms with van der Waals surface area (Å²) in [6, 6.07) is 12.6. The van der Waals surface area contributed by atoms with Crippen molar-refractivity contribution < 1.29 is 14.3 Å². The molecule has 0 spiro atoms. The largest absolute Gasteiger partial charge is 0.454 e. The molecule has 1 amide bonds. The molecule has 136 valence electrons. The first-order valence-electron chi connectivity index (χ1n) is 8.19. The number of fused-ring (bicyclic) bond motifs is 1. The van der Waals surface area contributed by atoms with Gasteiger partial charge in [-0.15, -0.1) is 0 Å². The molecule has 3 aromatic rings. The number of rotatable bonds is 5. The molecule has 8 heteroatoms. The number of ether oxygens (including phenoxy) is 2. The van der Waals surface area contributed by atoms with Crippen LogP contribution in [0.15, 0.2) is 54.9 Å². The van der Waals surface area contributed by atoms with Gasteiger partial charge in [-0.1, -0.05) is 23.7 Å². The maximum atomic E-state index is 12.2. The Kier molecular flexibility index (Phi) is 4.76. The molecular weight excluding hydrogens is 368 g/mol. The van der Waals surface area contributed by atoms with Crippen molar-refractivity contribution in [3.8, 4) is 11.5 Å². The van der Waals surface area contributed by atoms with E-state index in [2.05, 4.69) is 20.6 Å². The van der Waals surface area contributed by atoms with Crippen molar-refractivity contribution in [2.75, 3.05) is 17.4 Å². The summed E-state index contributed by atoms with van der Waals surface area (Å²) in [5.74, 6) is 1.68. The van der Waals surface area contributed by atoms with Crippen LogP contribution in [-0.2, 0) is 6.54 Å². The summed E-state index contributed by atoms with van der Waals surface area (Å²) < 4.78 is 10.6. The Morgan fingerprint density at radius 3 is 2.78 bits per heavy atom. The van der Waals surface area contributed by atoms with Crippen molar-refractivity contribution in [1.82, 2.24) is 9.97 Å². The smallest absolute Gasteiger partial charge is 0.275 e. The van der Waals surface area contributed by atoms with E-state index in [-0.39, 0.29) is 18.4 Å². The van der Waals surface area contributed by atoms with Crippen molar-refractivity contribution in [3.63, 3.8) is 0 Å². The van der Waals surface area contributed by atoms with Gasteiger partial charge in [0.1, 0.15) is 11.5 Å². The van der Waals surface area contributed by atoms with Crippen LogP contribution in [0.25, 0.3) is 0 Å². The molecule has 4 rings (SSSR count). The quantitative estimate of drug-likeness (QED) is 0.699. The van der Waals surface area contributed by atoms with E-state index in [0.717, 1.165) is 17.1 Å². The van der Waals surface area contributed by atoms with Crippen molar-refractivity contribution in [2.24, 2.45) is 0 Å². The molecule has 0 saturated carbocycles. The first-order valence-corrected chi connectivity index (χ1v) is 8.56. The van der Waals surface area contributed by atoms with Gasteiger partial charge in [0.05, 0.1) is 12.4 Å². The summed E-state index contributed by atoms with van der Waals surface area (Å²) in [5.41, 5.74) is 1.83. The summed E-state index contributed by atoms with van der Waals surface area (Å²) in [7, 11) is 0. The Balaban J connectivity index is 1.36. The van der Waals surface area contributed by atoms with Gasteiger partial charge in [0.2, 0.25) is 6.79 Å². The van der Waals surface area contributed by atoms with Crippen LogP contribution in [0.1, 0.15) is 16.1 Å². The highest BCUT2D eigenvalue weighted by Crippen LogP contribution is 2.32. The maximum Gasteiger partial charge on any atom is 0.275 e. The lowest BCUT2D eigenvalue weighted by Crippen LogP contribution is -2.14. The number of benzene rings is 2. The van der Waals surface area contributed by atoms with Gasteiger partial charge in [0.15, 0.2) is 11.5 Å². The molecule has 0 fully saturated rings. The molecule has 0 bridgehead atoms. The number of amides is 1. The number of anilines is 2. The lowest BCUT2D eigenvalue weighted by molar-refractivity contribution is 0.102. The van der Waals surface area contributed by atoms with E-state index >= 15 is 0 Å². The summed E-state index contributed by atoms with van der Waals surface area (Å²) in [6.45, 7) is 0.787. The zero-order chi connectivity index (χ0) is 18.6. The Morgan fingerprint density at radius 2 is 1.96 bits per heavy atom. The number of halogens is 1. The van der Waals surface area contributed by atoms with Crippen molar-refractivity contribution in [1.29, 1.82) is 0 Å². The lowest BCUT2D eigenvalue weighted by Gasteiger charge is -2.08. The van der Waals surface area contributed by atoms with Crippen molar-refractivity contribution in [2.45, 2.75) is 6.54 Å². The van der Waals surface area contributed by atoms with Crippen LogP contribution >= 0.6 is 11.6 Å². The second kappa shape index (κ2) is 7.51. The van der Waals surface area contributed by atoms with Crippen LogP contribution < -0.4 is 20.1 Å². The molecule has 0 saturated heterocycles. The standard InChI is InChI=1S/C19H15ClN4O3/c20-13-2-1-3-14(7-13)24-19(25)15-9-23-18(10-21-15)22-8-12-4-5-16-17(6-12)27-11-26-16/h1-7,9-10H,8,11H2,(H,22,23)(H,24,25). The molecular formula is C19H15ClN4O3. The monoisotopic (exact) mass is 382 g/mol. The molecule has 0 radical (unpaired) electrons. The van der Waals surface area contributed by atoms with Gasteiger partial charge in [-0.3, -0.25) is 4.79 Å². The van der Waals surface area contributed by atoms with E-state index in [1.807, 2.05) is 18.2 Å². The summed E-state index contributed by atoms with van der Waals surface area (Å²) in [5, 5.41) is 6.43. The number of carbonyl (C=O) groups is 1. The minimum atomic E-state index is -0.355. The van der Waals surface area contributed by atoms with E-state index in [1.54, 1.807) is 24.3 Å². The number of nitrogens with zero attached hydrogens (tertiary/aromatic N) is 2. The SMILES string of the molecule is O=C(Nc1cccc(Cl)c1)c1cnc(NCc2ccc3c(c2)OCO3)cn1. The van der Waals surface area contributed by atoms with Gasteiger partial charge in [0, 0.05) is 17.3 Å². The highest BCUT2D eigenvalue weighted by molar-refractivity contribution is 6.30. The van der Waals surface area contributed by atoms with E-state index in [0.29, 0.717) is 23.1 Å². The zero-order valence-electron chi connectivity index (χ0n) is 14.1. The first kappa shape index (κ1) is 17.1. The predicted molar refractivity (Wildman–Crippen MR) is 101 cm³/mol. The summed E-state index contributed by atoms with van der Waals surface area (Å²) >= 11 is 5.91. The Labute approximate surface area is 160 Å². The third-order valence-corrected chi connectivity index (χ3v) is 4.11. The topological polar surface area (TPSA) is 85.4 Å². The molecule has 1 aliphatic heterocycles. The van der Waals surface area contributed by atoms with Crippen LogP contribution in [0, 0.1) is 0 Å². The minimum Gasteiger partial charge on any atom is -0.454 e. The van der Waals surface area contributed by atoms with E-state index in [4.69, 9.17) is 21.1 Å². The molecule has 2 heterocycles. The number of aromatic nitrogens is 2. The van der Waals surface area contributed by atoms with Crippen LogP contribution in [0.4, 0.5) is 11.5 Å². The van der Waals surface area contributed by atoms with Gasteiger partial charge in [-0.05, 0) is 35.9 Å². The van der Waals surface area contributed by atoms with Crippen LogP contribution in [0.3, 0.4) is 0 Å². The third kappa shape index (κ3) is 4.09. The lowest BCUT2D eigenvalue weighted by atomic mass is 10.2. The summed E-state index contributed by atoms with van der Waals surface area (Å²) in [4.78, 5) is 20.6. The zero-order valence-corrected chi connectivity index (χ0v) is 14.9. The van der Waals surface area contributed by atoms with Gasteiger partial charge in [-0.2, -0.15) is 0 Å². The molecule has 7 nitrogen and oxygen atoms in total. The molecule has 1 aliphatic rings. The van der Waals surface area contributed by atoms with Gasteiger partial charge in [-0.25, -0.2) is 9.97 Å². The molecule has 0 atom stereocenters. The van der Waals surface area contributed by atoms with Gasteiger partial charge >= 0.3 is 0 Å². The second-order valence-corrected chi connectivity index (χ2v) is 6.23. The van der Waals surface area contributed by atoms with Crippen LogP contribution in [-0.4, -0.2) is 22.7 Å². The Morgan fingerprint density at radius 1 is 1.07 bits per heavy atom. The van der Waals surface area contributed by atoms with Crippen LogP contribution in [0.2, 0.25) is 5.02 Å². The highest BCUT2D eigenvalue weighted by atomic mass is 35.5. The Bertz CT molecular complexity index is 979. The van der Waals surface area contributed by atoms with E-state index in [1.165, 1.54) is 12.4 Å². The average Bonchev–Trinajstić information content (AvgIpc) is 3.14. The molecule has 27 heavy (non-hydrogen) atoms. The van der Waals surface area contributed by atoms with Gasteiger partial charge < -0.3 is 20.1 Å². The highest BCUT2D eigenvalue weighted by Gasteiger charge is 2.13. The first-order chi connectivity index (χ1) is 13.2. The second-order valence-electron chi connectivity index (χ2n) is 5.79. The number of hydrogen-bond acceptors (Lipinski definition) is 6. The summed E-state index contributed by atoms with van der Waals surface area (Å²) in [6.07, 6.45) is 2.93.